The van der Waals surface area contributed by atoms with Crippen LogP contribution in [0.25, 0.3) is 10.9 Å². The van der Waals surface area contributed by atoms with Crippen LogP contribution in [0.4, 0.5) is 0 Å². The number of H-pyrrole nitrogens is 1. The van der Waals surface area contributed by atoms with Gasteiger partial charge in [-0.2, -0.15) is 0 Å². The van der Waals surface area contributed by atoms with E-state index in [-0.39, 0.29) is 43.0 Å². The van der Waals surface area contributed by atoms with Crippen LogP contribution in [0.1, 0.15) is 41.8 Å². The molecular formula is C28H34N6O5. The molecule has 39 heavy (non-hydrogen) atoms. The first-order valence-corrected chi connectivity index (χ1v) is 13.4. The van der Waals surface area contributed by atoms with E-state index in [9.17, 15) is 19.2 Å². The van der Waals surface area contributed by atoms with E-state index >= 15 is 0 Å². The molecule has 2 saturated heterocycles. The van der Waals surface area contributed by atoms with Crippen LogP contribution >= 0.6 is 0 Å². The third-order valence-corrected chi connectivity index (χ3v) is 7.71. The summed E-state index contributed by atoms with van der Waals surface area (Å²) in [6, 6.07) is 8.63. The minimum atomic E-state index is -0.984. The monoisotopic (exact) mass is 534 g/mol. The van der Waals surface area contributed by atoms with Crippen LogP contribution in [0.2, 0.25) is 0 Å². The summed E-state index contributed by atoms with van der Waals surface area (Å²) >= 11 is 0. The zero-order valence-electron chi connectivity index (χ0n) is 21.7. The number of nitrogens with two attached hydrogens (primary N) is 1. The molecule has 0 radical (unpaired) electrons. The lowest BCUT2D eigenvalue weighted by Gasteiger charge is -2.39. The largest absolute Gasteiger partial charge is 0.459 e. The maximum absolute atomic E-state index is 13.7. The van der Waals surface area contributed by atoms with E-state index in [0.29, 0.717) is 6.42 Å². The fourth-order valence-corrected chi connectivity index (χ4v) is 5.54. The van der Waals surface area contributed by atoms with Crippen LogP contribution in [0.15, 0.2) is 53.3 Å². The Balaban J connectivity index is 1.32. The Morgan fingerprint density at radius 3 is 2.59 bits per heavy atom. The number of aromatic nitrogens is 1. The van der Waals surface area contributed by atoms with Gasteiger partial charge in [0, 0.05) is 42.0 Å². The number of amides is 4. The molecule has 6 N–H and O–H groups in total. The van der Waals surface area contributed by atoms with E-state index in [1.54, 1.807) is 18.3 Å². The van der Waals surface area contributed by atoms with Gasteiger partial charge >= 0.3 is 0 Å². The van der Waals surface area contributed by atoms with E-state index in [4.69, 9.17) is 10.2 Å². The van der Waals surface area contributed by atoms with Crippen molar-refractivity contribution in [2.75, 3.05) is 19.6 Å². The predicted octanol–water partition coefficient (Wildman–Crippen LogP) is 1.06. The van der Waals surface area contributed by atoms with Crippen molar-refractivity contribution in [1.82, 2.24) is 25.8 Å². The van der Waals surface area contributed by atoms with Crippen molar-refractivity contribution in [2.24, 2.45) is 11.7 Å². The number of fused-ring (bicyclic) bond motifs is 1. The molecule has 2 aromatic heterocycles. The summed E-state index contributed by atoms with van der Waals surface area (Å²) in [6.07, 6.45) is 5.64. The molecule has 3 unspecified atom stereocenters. The molecule has 1 aromatic carbocycles. The highest BCUT2D eigenvalue weighted by Gasteiger charge is 2.39. The van der Waals surface area contributed by atoms with Gasteiger partial charge in [0.1, 0.15) is 12.1 Å². The Kier molecular flexibility index (Phi) is 7.97. The van der Waals surface area contributed by atoms with E-state index < -0.39 is 29.8 Å². The van der Waals surface area contributed by atoms with Gasteiger partial charge in [-0.25, -0.2) is 0 Å². The summed E-state index contributed by atoms with van der Waals surface area (Å²) in [5.74, 6) is -1.58. The number of furan rings is 1. The van der Waals surface area contributed by atoms with Crippen molar-refractivity contribution in [1.29, 1.82) is 0 Å². The van der Waals surface area contributed by atoms with Crippen molar-refractivity contribution in [3.05, 3.63) is 60.2 Å². The van der Waals surface area contributed by atoms with Crippen LogP contribution in [-0.4, -0.2) is 71.3 Å². The third kappa shape index (κ3) is 5.98. The lowest BCUT2D eigenvalue weighted by Crippen LogP contribution is -2.60. The quantitative estimate of drug-likeness (QED) is 0.290. The number of likely N-dealkylation sites (tertiary alicyclic amines) is 1. The zero-order chi connectivity index (χ0) is 27.4. The maximum atomic E-state index is 13.7. The second-order valence-corrected chi connectivity index (χ2v) is 10.3. The van der Waals surface area contributed by atoms with Crippen LogP contribution < -0.4 is 21.7 Å². The normalized spacial score (nSPS) is 20.9. The molecule has 0 bridgehead atoms. The molecule has 2 aliphatic heterocycles. The molecule has 2 fully saturated rings. The van der Waals surface area contributed by atoms with Crippen LogP contribution in [0, 0.1) is 5.92 Å². The van der Waals surface area contributed by atoms with E-state index in [1.807, 2.05) is 24.3 Å². The highest BCUT2D eigenvalue weighted by molar-refractivity contribution is 5.97. The molecule has 0 aliphatic carbocycles. The minimum absolute atomic E-state index is 0.0270. The summed E-state index contributed by atoms with van der Waals surface area (Å²) < 4.78 is 5.30. The van der Waals surface area contributed by atoms with Crippen molar-refractivity contribution < 1.29 is 23.6 Å². The van der Waals surface area contributed by atoms with Gasteiger partial charge in [-0.1, -0.05) is 18.2 Å². The van der Waals surface area contributed by atoms with Gasteiger partial charge in [0.2, 0.25) is 17.7 Å². The number of hydrogen-bond acceptors (Lipinski definition) is 6. The van der Waals surface area contributed by atoms with E-state index in [2.05, 4.69) is 20.9 Å². The summed E-state index contributed by atoms with van der Waals surface area (Å²) in [5, 5.41) is 10.1. The standard InChI is InChI=1S/C28H34N6O5/c29-25(35)22(14-18-16-31-21-5-2-1-4-20(18)21)33-27(37)23-15-19(32-26(36)17-7-10-30-11-8-17)9-12-34(23)28(38)24-6-3-13-39-24/h1-6,13,16-17,19,22-23,30-31H,7-12,14-15H2,(H2,29,35)(H,32,36)(H,33,37). The fraction of sp³-hybridized carbons (Fsp3) is 0.429. The summed E-state index contributed by atoms with van der Waals surface area (Å²) in [7, 11) is 0. The van der Waals surface area contributed by atoms with Gasteiger partial charge in [0.25, 0.3) is 5.91 Å². The topological polar surface area (TPSA) is 163 Å². The van der Waals surface area contributed by atoms with Gasteiger partial charge in [0.15, 0.2) is 5.76 Å². The summed E-state index contributed by atoms with van der Waals surface area (Å²) in [4.78, 5) is 56.8. The fourth-order valence-electron chi connectivity index (χ4n) is 5.54. The Labute approximate surface area is 225 Å². The van der Waals surface area contributed by atoms with Crippen molar-refractivity contribution in [2.45, 2.75) is 50.2 Å². The molecule has 5 rings (SSSR count). The van der Waals surface area contributed by atoms with Gasteiger partial charge in [-0.3, -0.25) is 19.2 Å². The van der Waals surface area contributed by atoms with Crippen molar-refractivity contribution >= 4 is 34.5 Å². The number of piperidine rings is 2. The second-order valence-electron chi connectivity index (χ2n) is 10.3. The first kappa shape index (κ1) is 26.5. The molecule has 11 heteroatoms. The molecular weight excluding hydrogens is 500 g/mol. The highest BCUT2D eigenvalue weighted by atomic mass is 16.3. The molecule has 206 valence electrons. The molecule has 3 aromatic rings. The summed E-state index contributed by atoms with van der Waals surface area (Å²) in [6.45, 7) is 1.84. The second kappa shape index (κ2) is 11.7. The number of benzene rings is 1. The van der Waals surface area contributed by atoms with Gasteiger partial charge in [0.05, 0.1) is 6.26 Å². The smallest absolute Gasteiger partial charge is 0.290 e. The van der Waals surface area contributed by atoms with Crippen LogP contribution in [0.5, 0.6) is 0 Å². The van der Waals surface area contributed by atoms with Crippen molar-refractivity contribution in [3.8, 4) is 0 Å². The summed E-state index contributed by atoms with van der Waals surface area (Å²) in [5.41, 5.74) is 7.46. The first-order valence-electron chi connectivity index (χ1n) is 13.4. The number of carbonyl (C=O) groups is 4. The number of nitrogens with one attached hydrogen (secondary N) is 4. The van der Waals surface area contributed by atoms with Crippen molar-refractivity contribution in [3.63, 3.8) is 0 Å². The molecule has 2 aliphatic rings. The zero-order valence-corrected chi connectivity index (χ0v) is 21.7. The third-order valence-electron chi connectivity index (χ3n) is 7.71. The maximum Gasteiger partial charge on any atom is 0.290 e. The number of nitrogens with zero attached hydrogens (tertiary/aromatic N) is 1. The van der Waals surface area contributed by atoms with Gasteiger partial charge in [-0.05, 0) is 62.5 Å². The molecule has 0 saturated carbocycles. The minimum Gasteiger partial charge on any atom is -0.459 e. The van der Waals surface area contributed by atoms with Gasteiger partial charge in [-0.15, -0.1) is 0 Å². The van der Waals surface area contributed by atoms with Crippen LogP contribution in [-0.2, 0) is 20.8 Å². The average molecular weight is 535 g/mol. The lowest BCUT2D eigenvalue weighted by atomic mass is 9.92. The Morgan fingerprint density at radius 2 is 1.85 bits per heavy atom. The average Bonchev–Trinajstić information content (AvgIpc) is 3.63. The Hall–Kier alpha value is -4.12. The molecule has 4 amide bonds. The Morgan fingerprint density at radius 1 is 1.05 bits per heavy atom. The number of aromatic amines is 1. The van der Waals surface area contributed by atoms with E-state index in [0.717, 1.165) is 42.4 Å². The molecule has 4 heterocycles. The van der Waals surface area contributed by atoms with E-state index in [1.165, 1.54) is 11.2 Å². The van der Waals surface area contributed by atoms with Crippen LogP contribution in [0.3, 0.4) is 0 Å². The molecule has 3 atom stereocenters. The molecule has 0 spiro atoms. The predicted molar refractivity (Wildman–Crippen MR) is 143 cm³/mol. The first-order chi connectivity index (χ1) is 18.9. The Bertz CT molecular complexity index is 1330. The number of hydrogen-bond donors (Lipinski definition) is 5. The SMILES string of the molecule is NC(=O)C(Cc1c[nH]c2ccccc12)NC(=O)C1CC(NC(=O)C2CCNCC2)CCN1C(=O)c1ccco1. The highest BCUT2D eigenvalue weighted by Crippen LogP contribution is 2.23. The number of para-hydroxylation sites is 1. The van der Waals surface area contributed by atoms with Gasteiger partial charge < -0.3 is 36.0 Å². The lowest BCUT2D eigenvalue weighted by molar-refractivity contribution is -0.132. The molecule has 11 nitrogen and oxygen atoms in total. The number of rotatable bonds is 8. The number of primary amides is 1. The number of carbonyl (C=O) groups excluding carboxylic acids is 4.